The fourth-order valence-corrected chi connectivity index (χ4v) is 11.8. The fourth-order valence-electron chi connectivity index (χ4n) is 8.44. The molecule has 4 N–H and O–H groups in total. The number of carbonyl (C=O) groups is 4. The molecular formula is C62H70N6O15S11. The molecule has 0 fully saturated rings. The summed E-state index contributed by atoms with van der Waals surface area (Å²) in [6.07, 6.45) is 0.500. The number of thiophene rings is 3. The molecule has 0 spiro atoms. The van der Waals surface area contributed by atoms with E-state index in [9.17, 15) is 32.4 Å². The Hall–Kier alpha value is -7.36. The average molecular weight is 1490 g/mol. The van der Waals surface area contributed by atoms with Gasteiger partial charge in [-0.2, -0.15) is 23.9 Å². The molecule has 94 heavy (non-hydrogen) atoms. The maximum atomic E-state index is 13.9. The van der Waals surface area contributed by atoms with Gasteiger partial charge in [0, 0.05) is 127 Å². The molecule has 0 aliphatic carbocycles. The van der Waals surface area contributed by atoms with Crippen molar-refractivity contribution >= 4 is 162 Å². The van der Waals surface area contributed by atoms with Crippen molar-refractivity contribution in [1.29, 1.82) is 0 Å². The normalized spacial score (nSPS) is 10.8. The SMILES string of the molecule is C.CCN(Cc1cccs1)C(=O)[C@H](C)c1ccccc1OC.CCN(Cc1cccs1)C(=O)[C@H](N)c1ccccc1OC.COC(=O)CN(Cc1cccs1)C(=O)[C@H](NS(=O)(=O)c1ccc2[nH]c(=O)ccc2c1)c1ccccc1OC.O=C=O.O=C=O.S=S=S.S=S=S=S. The van der Waals surface area contributed by atoms with Gasteiger partial charge in [0.15, 0.2) is 0 Å². The molecule has 21 nitrogen and oxygen atoms in total. The number of rotatable bonds is 22. The van der Waals surface area contributed by atoms with Gasteiger partial charge in [-0.25, -0.2) is 8.42 Å². The predicted molar refractivity (Wildman–Crippen MR) is 383 cm³/mol. The van der Waals surface area contributed by atoms with Crippen molar-refractivity contribution in [2.75, 3.05) is 48.1 Å². The van der Waals surface area contributed by atoms with Crippen LogP contribution in [0.25, 0.3) is 10.9 Å². The molecule has 0 saturated heterocycles. The lowest BCUT2D eigenvalue weighted by Crippen LogP contribution is -2.44. The Bertz CT molecular complexity index is 3840. The highest BCUT2D eigenvalue weighted by Gasteiger charge is 2.34. The Morgan fingerprint density at radius 1 is 0.596 bits per heavy atom. The van der Waals surface area contributed by atoms with Gasteiger partial charge in [-0.3, -0.25) is 24.0 Å². The molecule has 32 heteroatoms. The number of pyridine rings is 1. The number of aromatic amines is 1. The van der Waals surface area contributed by atoms with Gasteiger partial charge in [0.05, 0.1) is 58.9 Å². The standard InChI is InChI=1S/C26H25N3O7S2.C17H21NO2S.C16H20N2O2S.2CO2.CH4.S4.S3/c1-35-22-8-4-3-7-20(22)25(26(32)29(16-24(31)36-2)15-18-6-5-13-37-18)28-38(33,34)19-10-11-21-17(14-19)9-12-23(30)27-21;1-4-18(12-14-8-7-11-21-14)17(19)13(2)15-9-5-6-10-16(15)20-3;1-3-18(11-12-7-6-10-21-12)16(19)15(17)13-8-4-5-9-14(13)20-2;2*2-1-3;;1-3-4-2;1-3-2/h3-14,25,28H,15-16H2,1-2H3,(H,27,30);5-11,13H,4,12H2,1-3H3;4-10,15H,3,11,17H2,1-2H3;;;1H4;;/t25-;13-;15-;;;;;/m111...../s1. The summed E-state index contributed by atoms with van der Waals surface area (Å²) in [5.74, 6) is 0.226. The summed E-state index contributed by atoms with van der Waals surface area (Å²) in [5.41, 5.74) is 8.23. The molecule has 4 aromatic carbocycles. The second kappa shape index (κ2) is 47.5. The van der Waals surface area contributed by atoms with Gasteiger partial charge < -0.3 is 44.4 Å². The van der Waals surface area contributed by atoms with Crippen LogP contribution in [0.4, 0.5) is 0 Å². The van der Waals surface area contributed by atoms with Crippen LogP contribution in [0.2, 0.25) is 0 Å². The second-order valence-electron chi connectivity index (χ2n) is 18.1. The van der Waals surface area contributed by atoms with Crippen LogP contribution in [0.3, 0.4) is 0 Å². The van der Waals surface area contributed by atoms with E-state index in [1.807, 2.05) is 121 Å². The summed E-state index contributed by atoms with van der Waals surface area (Å²) in [5, 5.41) is 6.38. The smallest absolute Gasteiger partial charge is 0.373 e. The van der Waals surface area contributed by atoms with E-state index < -0.39 is 34.0 Å². The van der Waals surface area contributed by atoms with E-state index in [1.165, 1.54) is 83.4 Å². The molecule has 0 saturated carbocycles. The van der Waals surface area contributed by atoms with Crippen LogP contribution in [-0.4, -0.2) is 112 Å². The fraction of sp³-hybridized carbons (Fsp3) is 0.274. The Morgan fingerprint density at radius 3 is 1.44 bits per heavy atom. The number of nitrogens with two attached hydrogens (primary N) is 1. The highest BCUT2D eigenvalue weighted by atomic mass is 33.2. The lowest BCUT2D eigenvalue weighted by molar-refractivity contribution is -0.193. The molecule has 3 atom stereocenters. The molecule has 3 amide bonds. The predicted octanol–water partition coefficient (Wildman–Crippen LogP) is 8.99. The minimum atomic E-state index is -4.27. The van der Waals surface area contributed by atoms with E-state index in [0.717, 1.165) is 35.5 Å². The molecule has 504 valence electrons. The summed E-state index contributed by atoms with van der Waals surface area (Å²) in [6.45, 7) is 8.20. The Kier molecular flexibility index (Phi) is 42.8. The van der Waals surface area contributed by atoms with Crippen LogP contribution < -0.4 is 30.2 Å². The first-order chi connectivity index (χ1) is 44.7. The number of ether oxygens (including phenoxy) is 4. The summed E-state index contributed by atoms with van der Waals surface area (Å²) >= 11 is 21.6. The van der Waals surface area contributed by atoms with E-state index in [4.69, 9.17) is 43.9 Å². The van der Waals surface area contributed by atoms with Crippen LogP contribution in [0.1, 0.15) is 77.5 Å². The summed E-state index contributed by atoms with van der Waals surface area (Å²) in [6, 6.07) is 38.2. The van der Waals surface area contributed by atoms with Gasteiger partial charge in [-0.05, 0) is 103 Å². The molecule has 8 rings (SSSR count). The van der Waals surface area contributed by atoms with E-state index in [0.29, 0.717) is 48.6 Å². The van der Waals surface area contributed by atoms with Gasteiger partial charge >= 0.3 is 18.3 Å². The van der Waals surface area contributed by atoms with E-state index >= 15 is 0 Å². The van der Waals surface area contributed by atoms with Crippen molar-refractivity contribution in [2.45, 2.75) is 70.7 Å². The highest BCUT2D eigenvalue weighted by molar-refractivity contribution is 8.51. The first kappa shape index (κ1) is 84.7. The number of likely N-dealkylation sites (N-methyl/N-ethyl adjacent to an activating group) is 2. The van der Waals surface area contributed by atoms with Crippen molar-refractivity contribution in [3.05, 3.63) is 197 Å². The first-order valence-electron chi connectivity index (χ1n) is 27.0. The first-order valence-corrected chi connectivity index (χ1v) is 37.8. The number of benzene rings is 4. The topological polar surface area (TPSA) is 288 Å². The van der Waals surface area contributed by atoms with Crippen molar-refractivity contribution < 1.29 is 65.7 Å². The Balaban J connectivity index is 0.000000674. The van der Waals surface area contributed by atoms with E-state index in [1.54, 1.807) is 66.1 Å². The third-order valence-electron chi connectivity index (χ3n) is 12.7. The third-order valence-corrected chi connectivity index (χ3v) is 19.0. The molecule has 8 aromatic rings. The monoisotopic (exact) mass is 1490 g/mol. The van der Waals surface area contributed by atoms with E-state index in [-0.39, 0.29) is 66.6 Å². The van der Waals surface area contributed by atoms with E-state index in [2.05, 4.69) is 60.5 Å². The van der Waals surface area contributed by atoms with Gasteiger partial charge in [-0.15, -0.1) is 34.0 Å². The quantitative estimate of drug-likeness (QED) is 0.0533. The molecule has 0 unspecified atom stereocenters. The molecule has 4 aromatic heterocycles. The van der Waals surface area contributed by atoms with Crippen molar-refractivity contribution in [1.82, 2.24) is 24.4 Å². The zero-order valence-corrected chi connectivity index (χ0v) is 60.0. The van der Waals surface area contributed by atoms with Crippen LogP contribution in [0.5, 0.6) is 17.2 Å². The maximum absolute atomic E-state index is 13.9. The van der Waals surface area contributed by atoms with Gasteiger partial charge in [-0.1, -0.05) is 80.2 Å². The van der Waals surface area contributed by atoms with Crippen LogP contribution in [0, 0.1) is 0 Å². The summed E-state index contributed by atoms with van der Waals surface area (Å²) in [7, 11) is 4.84. The molecule has 0 aliphatic heterocycles. The molecule has 0 bridgehead atoms. The van der Waals surface area contributed by atoms with Crippen molar-refractivity contribution in [3.63, 3.8) is 0 Å². The number of esters is 1. The molecule has 0 radical (unpaired) electrons. The number of para-hydroxylation sites is 3. The summed E-state index contributed by atoms with van der Waals surface area (Å²) in [4.78, 5) is 106. The lowest BCUT2D eigenvalue weighted by Gasteiger charge is -2.28. The maximum Gasteiger partial charge on any atom is 0.373 e. The number of aromatic nitrogens is 1. The molecule has 0 aliphatic rings. The summed E-state index contributed by atoms with van der Waals surface area (Å²) < 4.78 is 50.5. The zero-order valence-electron chi connectivity index (χ0n) is 51.0. The lowest BCUT2D eigenvalue weighted by atomic mass is 9.98. The average Bonchev–Trinajstić information content (AvgIpc) is 0.952. The number of carbonyl (C=O) groups excluding carboxylic acids is 8. The van der Waals surface area contributed by atoms with Crippen molar-refractivity contribution in [2.24, 2.45) is 5.73 Å². The number of amides is 3. The Labute approximate surface area is 586 Å². The molecule has 4 heterocycles. The molecular weight excluding hydrogens is 1420 g/mol. The second-order valence-corrected chi connectivity index (χ2v) is 28.3. The Morgan fingerprint density at radius 2 is 1.01 bits per heavy atom. The number of fused-ring (bicyclic) bond motifs is 1. The zero-order chi connectivity index (χ0) is 69.3. The van der Waals surface area contributed by atoms with Gasteiger partial charge in [0.2, 0.25) is 33.3 Å². The van der Waals surface area contributed by atoms with Crippen molar-refractivity contribution in [3.8, 4) is 17.2 Å². The highest BCUT2D eigenvalue weighted by Crippen LogP contribution is 2.31. The number of methoxy groups -OCH3 is 4. The van der Waals surface area contributed by atoms with Gasteiger partial charge in [0.25, 0.3) is 0 Å². The van der Waals surface area contributed by atoms with Crippen LogP contribution >= 0.6 is 34.0 Å². The number of hydrogen-bond donors (Lipinski definition) is 3. The largest absolute Gasteiger partial charge is 0.496 e. The van der Waals surface area contributed by atoms with Gasteiger partial charge in [0.1, 0.15) is 35.9 Å². The number of sulfonamides is 1. The minimum absolute atomic E-state index is 0. The number of nitrogens with zero attached hydrogens (tertiary/aromatic N) is 3. The minimum Gasteiger partial charge on any atom is -0.496 e. The number of hydrogen-bond acceptors (Lipinski definition) is 23. The van der Waals surface area contributed by atoms with Crippen LogP contribution in [-0.2, 0) is 144 Å². The number of H-pyrrole nitrogens is 1. The van der Waals surface area contributed by atoms with Crippen LogP contribution in [0.15, 0.2) is 165 Å². The number of nitrogens with one attached hydrogen (secondary N) is 2. The third kappa shape index (κ3) is 28.3.